The summed E-state index contributed by atoms with van der Waals surface area (Å²) in [5.74, 6) is -0.444. The molecule has 8 heteroatoms. The lowest BCUT2D eigenvalue weighted by atomic mass is 10.1. The molecule has 0 saturated carbocycles. The van der Waals surface area contributed by atoms with E-state index in [1.165, 1.54) is 18.2 Å². The molecule has 3 aromatic rings. The van der Waals surface area contributed by atoms with E-state index >= 15 is 0 Å². The molecule has 0 atom stereocenters. The van der Waals surface area contributed by atoms with Gasteiger partial charge in [-0.25, -0.2) is 4.79 Å². The molecule has 0 aliphatic rings. The summed E-state index contributed by atoms with van der Waals surface area (Å²) in [6.07, 6.45) is 1.45. The largest absolute Gasteiger partial charge is 0.497 e. The molecule has 0 spiro atoms. The maximum atomic E-state index is 12.6. The van der Waals surface area contributed by atoms with E-state index in [-0.39, 0.29) is 17.7 Å². The quantitative estimate of drug-likeness (QED) is 0.317. The molecule has 0 bridgehead atoms. The molecule has 0 aliphatic heterocycles. The van der Waals surface area contributed by atoms with Crippen LogP contribution in [0.1, 0.15) is 21.5 Å². The van der Waals surface area contributed by atoms with Gasteiger partial charge < -0.3 is 19.9 Å². The first-order valence-electron chi connectivity index (χ1n) is 9.71. The van der Waals surface area contributed by atoms with E-state index in [2.05, 4.69) is 21.2 Å². The lowest BCUT2D eigenvalue weighted by Gasteiger charge is -2.11. The van der Waals surface area contributed by atoms with Crippen molar-refractivity contribution in [3.05, 3.63) is 93.5 Å². The van der Waals surface area contributed by atoms with Gasteiger partial charge in [0.2, 0.25) is 0 Å². The number of hydrogen-bond acceptors (Lipinski definition) is 5. The molecule has 0 aromatic heterocycles. The van der Waals surface area contributed by atoms with Crippen molar-refractivity contribution >= 4 is 39.6 Å². The number of anilines is 1. The number of ether oxygens (including phenoxy) is 2. The second-order valence-electron chi connectivity index (χ2n) is 6.83. The van der Waals surface area contributed by atoms with Gasteiger partial charge in [-0.3, -0.25) is 4.79 Å². The van der Waals surface area contributed by atoms with Gasteiger partial charge in [-0.2, -0.15) is 5.26 Å². The second kappa shape index (κ2) is 11.0. The third-order valence-electron chi connectivity index (χ3n) is 4.58. The highest BCUT2D eigenvalue weighted by Gasteiger charge is 2.12. The zero-order valence-electron chi connectivity index (χ0n) is 17.5. The zero-order chi connectivity index (χ0) is 23.8. The number of carboxylic acids is 1. The van der Waals surface area contributed by atoms with Gasteiger partial charge in [0.1, 0.15) is 29.7 Å². The minimum atomic E-state index is -1.00. The summed E-state index contributed by atoms with van der Waals surface area (Å²) in [5.41, 5.74) is 1.92. The summed E-state index contributed by atoms with van der Waals surface area (Å²) in [4.78, 5) is 23.6. The lowest BCUT2D eigenvalue weighted by Crippen LogP contribution is -2.13. The number of nitrogens with one attached hydrogen (secondary N) is 1. The van der Waals surface area contributed by atoms with Crippen molar-refractivity contribution in [3.8, 4) is 17.6 Å². The van der Waals surface area contributed by atoms with Gasteiger partial charge in [0.15, 0.2) is 0 Å². The van der Waals surface area contributed by atoms with Crippen molar-refractivity contribution in [2.24, 2.45) is 0 Å². The Balaban J connectivity index is 1.78. The number of amides is 1. The predicted molar refractivity (Wildman–Crippen MR) is 127 cm³/mol. The number of halogens is 1. The molecular formula is C25H19BrN2O5. The number of carbonyl (C=O) groups excluding carboxylic acids is 1. The third-order valence-corrected chi connectivity index (χ3v) is 5.07. The maximum absolute atomic E-state index is 12.6. The molecule has 0 radical (unpaired) electrons. The first-order valence-corrected chi connectivity index (χ1v) is 10.5. The number of hydrogen-bond donors (Lipinski definition) is 2. The topological polar surface area (TPSA) is 109 Å². The Hall–Kier alpha value is -4.09. The molecule has 0 unspecified atom stereocenters. The SMILES string of the molecule is COc1ccc(NC(=O)/C(C#N)=C/c2cc(Br)ccc2OCc2ccc(C(=O)O)cc2)cc1. The number of carbonyl (C=O) groups is 2. The fourth-order valence-corrected chi connectivity index (χ4v) is 3.22. The van der Waals surface area contributed by atoms with Gasteiger partial charge in [-0.15, -0.1) is 0 Å². The van der Waals surface area contributed by atoms with Crippen molar-refractivity contribution < 1.29 is 24.2 Å². The summed E-state index contributed by atoms with van der Waals surface area (Å²) in [6, 6.07) is 20.3. The van der Waals surface area contributed by atoms with E-state index < -0.39 is 11.9 Å². The highest BCUT2D eigenvalue weighted by molar-refractivity contribution is 9.10. The molecule has 0 heterocycles. The van der Waals surface area contributed by atoms with E-state index in [0.717, 1.165) is 10.0 Å². The summed E-state index contributed by atoms with van der Waals surface area (Å²) in [5, 5.41) is 21.3. The van der Waals surface area contributed by atoms with E-state index in [1.54, 1.807) is 61.7 Å². The number of methoxy groups -OCH3 is 1. The Morgan fingerprint density at radius 1 is 1.09 bits per heavy atom. The number of rotatable bonds is 8. The van der Waals surface area contributed by atoms with Crippen LogP contribution in [0, 0.1) is 11.3 Å². The van der Waals surface area contributed by atoms with Gasteiger partial charge >= 0.3 is 5.97 Å². The van der Waals surface area contributed by atoms with E-state index in [0.29, 0.717) is 22.7 Å². The van der Waals surface area contributed by atoms with E-state index in [1.807, 2.05) is 6.07 Å². The van der Waals surface area contributed by atoms with Crippen LogP contribution in [0.5, 0.6) is 11.5 Å². The Labute approximate surface area is 199 Å². The average Bonchev–Trinajstić information content (AvgIpc) is 2.82. The Morgan fingerprint density at radius 2 is 1.79 bits per heavy atom. The molecule has 3 aromatic carbocycles. The molecule has 1 amide bonds. The van der Waals surface area contributed by atoms with Crippen molar-refractivity contribution in [2.45, 2.75) is 6.61 Å². The Bertz CT molecular complexity index is 1230. The van der Waals surface area contributed by atoms with Crippen LogP contribution in [0.25, 0.3) is 6.08 Å². The fourth-order valence-electron chi connectivity index (χ4n) is 2.85. The number of benzene rings is 3. The number of nitrogens with zero attached hydrogens (tertiary/aromatic N) is 1. The van der Waals surface area contributed by atoms with Crippen molar-refractivity contribution in [3.63, 3.8) is 0 Å². The summed E-state index contributed by atoms with van der Waals surface area (Å²) in [7, 11) is 1.55. The minimum absolute atomic E-state index is 0.0976. The molecule has 2 N–H and O–H groups in total. The Kier molecular flexibility index (Phi) is 7.84. The number of nitriles is 1. The van der Waals surface area contributed by atoms with Crippen LogP contribution < -0.4 is 14.8 Å². The lowest BCUT2D eigenvalue weighted by molar-refractivity contribution is -0.112. The van der Waals surface area contributed by atoms with Gasteiger partial charge in [0.25, 0.3) is 5.91 Å². The standard InChI is InChI=1S/C25H19BrN2O5/c1-32-22-9-7-21(8-10-22)28-24(29)19(14-27)12-18-13-20(26)6-11-23(18)33-15-16-2-4-17(5-3-16)25(30)31/h2-13H,15H2,1H3,(H,28,29)(H,30,31)/b19-12+. The van der Waals surface area contributed by atoms with Crippen molar-refractivity contribution in [1.82, 2.24) is 0 Å². The van der Waals surface area contributed by atoms with Crippen molar-refractivity contribution in [2.75, 3.05) is 12.4 Å². The summed E-state index contributed by atoms with van der Waals surface area (Å²) >= 11 is 3.39. The molecule has 0 aliphatic carbocycles. The van der Waals surface area contributed by atoms with Gasteiger partial charge in [-0.05, 0) is 66.2 Å². The molecular weight excluding hydrogens is 488 g/mol. The monoisotopic (exact) mass is 506 g/mol. The van der Waals surface area contributed by atoms with Gasteiger partial charge in [0.05, 0.1) is 12.7 Å². The van der Waals surface area contributed by atoms with Crippen molar-refractivity contribution in [1.29, 1.82) is 5.26 Å². The normalized spacial score (nSPS) is 10.8. The number of carboxylic acid groups (broad SMARTS) is 1. The van der Waals surface area contributed by atoms with E-state index in [9.17, 15) is 14.9 Å². The molecule has 3 rings (SSSR count). The molecule has 33 heavy (non-hydrogen) atoms. The first-order chi connectivity index (χ1) is 15.9. The van der Waals surface area contributed by atoms with Crippen LogP contribution in [0.15, 0.2) is 76.8 Å². The fraction of sp³-hybridized carbons (Fsp3) is 0.0800. The van der Waals surface area contributed by atoms with Crippen LogP contribution >= 0.6 is 15.9 Å². The van der Waals surface area contributed by atoms with Gasteiger partial charge in [0, 0.05) is 15.7 Å². The second-order valence-corrected chi connectivity index (χ2v) is 7.74. The highest BCUT2D eigenvalue weighted by Crippen LogP contribution is 2.27. The number of aromatic carboxylic acids is 1. The third kappa shape index (κ3) is 6.45. The van der Waals surface area contributed by atoms with Crippen LogP contribution in [0.3, 0.4) is 0 Å². The van der Waals surface area contributed by atoms with Crippen LogP contribution in [0.2, 0.25) is 0 Å². The molecule has 7 nitrogen and oxygen atoms in total. The highest BCUT2D eigenvalue weighted by atomic mass is 79.9. The zero-order valence-corrected chi connectivity index (χ0v) is 19.1. The van der Waals surface area contributed by atoms with Crippen LogP contribution in [-0.4, -0.2) is 24.1 Å². The average molecular weight is 507 g/mol. The first kappa shape index (κ1) is 23.6. The molecule has 0 fully saturated rings. The smallest absolute Gasteiger partial charge is 0.335 e. The van der Waals surface area contributed by atoms with Gasteiger partial charge in [-0.1, -0.05) is 28.1 Å². The maximum Gasteiger partial charge on any atom is 0.335 e. The Morgan fingerprint density at radius 3 is 2.39 bits per heavy atom. The predicted octanol–water partition coefficient (Wildman–Crippen LogP) is 5.28. The van der Waals surface area contributed by atoms with E-state index in [4.69, 9.17) is 14.6 Å². The summed E-state index contributed by atoms with van der Waals surface area (Å²) < 4.78 is 11.7. The van der Waals surface area contributed by atoms with Crippen LogP contribution in [-0.2, 0) is 11.4 Å². The summed E-state index contributed by atoms with van der Waals surface area (Å²) in [6.45, 7) is 0.183. The molecule has 0 saturated heterocycles. The van der Waals surface area contributed by atoms with Crippen LogP contribution in [0.4, 0.5) is 5.69 Å². The molecule has 166 valence electrons. The minimum Gasteiger partial charge on any atom is -0.497 e.